The highest BCUT2D eigenvalue weighted by atomic mass is 16.5. The largest absolute Gasteiger partial charge is 0.478 e. The van der Waals surface area contributed by atoms with Gasteiger partial charge in [-0.1, -0.05) is 24.3 Å². The van der Waals surface area contributed by atoms with E-state index in [9.17, 15) is 9.90 Å². The van der Waals surface area contributed by atoms with Crippen molar-refractivity contribution in [2.24, 2.45) is 0 Å². The van der Waals surface area contributed by atoms with Crippen molar-refractivity contribution in [2.75, 3.05) is 24.7 Å². The minimum Gasteiger partial charge on any atom is -0.478 e. The van der Waals surface area contributed by atoms with Crippen molar-refractivity contribution in [3.63, 3.8) is 0 Å². The zero-order valence-electron chi connectivity index (χ0n) is 12.2. The molecular formula is C16H18N2O3. The van der Waals surface area contributed by atoms with Crippen molar-refractivity contribution in [1.29, 1.82) is 0 Å². The Morgan fingerprint density at radius 1 is 1.33 bits per heavy atom. The lowest BCUT2D eigenvalue weighted by Crippen LogP contribution is -2.53. The Morgan fingerprint density at radius 2 is 2.05 bits per heavy atom. The van der Waals surface area contributed by atoms with Crippen LogP contribution in [0.4, 0.5) is 5.82 Å². The third-order valence-electron chi connectivity index (χ3n) is 3.91. The molecule has 1 aliphatic rings. The molecule has 1 aliphatic heterocycles. The van der Waals surface area contributed by atoms with Gasteiger partial charge in [-0.25, -0.2) is 9.78 Å². The standard InChI is InChI=1S/C16H18N2O3/c1-16(2)10-21-8-7-18(16)14-12-6-4-3-5-11(12)13(9-17-14)15(19)20/h3-6,9H,7-8,10H2,1-2H3,(H,19,20). The molecule has 0 unspecified atom stereocenters. The second-order valence-corrected chi connectivity index (χ2v) is 5.86. The first-order chi connectivity index (χ1) is 10.0. The highest BCUT2D eigenvalue weighted by molar-refractivity contribution is 6.06. The van der Waals surface area contributed by atoms with E-state index in [-0.39, 0.29) is 11.1 Å². The molecule has 0 amide bonds. The molecule has 2 aromatic rings. The molecule has 3 rings (SSSR count). The number of aromatic carboxylic acids is 1. The number of carboxylic acids is 1. The van der Waals surface area contributed by atoms with Gasteiger partial charge in [0.05, 0.1) is 24.3 Å². The fourth-order valence-corrected chi connectivity index (χ4v) is 2.81. The van der Waals surface area contributed by atoms with Gasteiger partial charge in [-0.2, -0.15) is 0 Å². The Morgan fingerprint density at radius 3 is 2.71 bits per heavy atom. The Labute approximate surface area is 123 Å². The van der Waals surface area contributed by atoms with Crippen LogP contribution in [0.1, 0.15) is 24.2 Å². The van der Waals surface area contributed by atoms with E-state index in [4.69, 9.17) is 4.74 Å². The van der Waals surface area contributed by atoms with Crippen LogP contribution in [0.25, 0.3) is 10.8 Å². The third-order valence-corrected chi connectivity index (χ3v) is 3.91. The number of hydrogen-bond donors (Lipinski definition) is 1. The van der Waals surface area contributed by atoms with Crippen molar-refractivity contribution in [3.05, 3.63) is 36.0 Å². The van der Waals surface area contributed by atoms with E-state index >= 15 is 0 Å². The molecule has 0 bridgehead atoms. The fraction of sp³-hybridized carbons (Fsp3) is 0.375. The molecule has 1 saturated heterocycles. The van der Waals surface area contributed by atoms with Gasteiger partial charge in [0.2, 0.25) is 0 Å². The van der Waals surface area contributed by atoms with Crippen molar-refractivity contribution >= 4 is 22.6 Å². The van der Waals surface area contributed by atoms with Crippen LogP contribution in [0, 0.1) is 0 Å². The molecule has 5 heteroatoms. The second-order valence-electron chi connectivity index (χ2n) is 5.86. The van der Waals surface area contributed by atoms with Crippen molar-refractivity contribution in [1.82, 2.24) is 4.98 Å². The maximum atomic E-state index is 11.4. The molecule has 1 fully saturated rings. The summed E-state index contributed by atoms with van der Waals surface area (Å²) in [5.41, 5.74) is 0.0686. The lowest BCUT2D eigenvalue weighted by atomic mass is 10.00. The maximum Gasteiger partial charge on any atom is 0.337 e. The molecule has 21 heavy (non-hydrogen) atoms. The quantitative estimate of drug-likeness (QED) is 0.919. The number of hydrogen-bond acceptors (Lipinski definition) is 4. The number of carboxylic acid groups (broad SMARTS) is 1. The molecule has 1 aromatic carbocycles. The second kappa shape index (κ2) is 5.00. The Kier molecular flexibility index (Phi) is 3.29. The lowest BCUT2D eigenvalue weighted by molar-refractivity contribution is 0.0640. The summed E-state index contributed by atoms with van der Waals surface area (Å²) in [6.45, 7) is 6.24. The number of ether oxygens (including phenoxy) is 1. The van der Waals surface area contributed by atoms with E-state index in [2.05, 4.69) is 23.7 Å². The highest BCUT2D eigenvalue weighted by Crippen LogP contribution is 2.32. The van der Waals surface area contributed by atoms with E-state index in [0.29, 0.717) is 13.2 Å². The van der Waals surface area contributed by atoms with Gasteiger partial charge in [-0.3, -0.25) is 0 Å². The molecule has 0 spiro atoms. The number of benzene rings is 1. The van der Waals surface area contributed by atoms with Gasteiger partial charge in [0.25, 0.3) is 0 Å². The average molecular weight is 286 g/mol. The van der Waals surface area contributed by atoms with Gasteiger partial charge < -0.3 is 14.7 Å². The first-order valence-corrected chi connectivity index (χ1v) is 6.97. The maximum absolute atomic E-state index is 11.4. The van der Waals surface area contributed by atoms with Crippen molar-refractivity contribution in [3.8, 4) is 0 Å². The van der Waals surface area contributed by atoms with E-state index in [1.165, 1.54) is 6.20 Å². The molecule has 0 aliphatic carbocycles. The van der Waals surface area contributed by atoms with E-state index in [1.54, 1.807) is 0 Å². The van der Waals surface area contributed by atoms with Crippen LogP contribution in [-0.4, -0.2) is 41.4 Å². The highest BCUT2D eigenvalue weighted by Gasteiger charge is 2.32. The number of morpholine rings is 1. The summed E-state index contributed by atoms with van der Waals surface area (Å²) in [5, 5.41) is 10.9. The van der Waals surface area contributed by atoms with Crippen molar-refractivity contribution in [2.45, 2.75) is 19.4 Å². The minimum absolute atomic E-state index is 0.168. The number of carbonyl (C=O) groups is 1. The Hall–Kier alpha value is -2.14. The van der Waals surface area contributed by atoms with Gasteiger partial charge in [-0.05, 0) is 13.8 Å². The van der Waals surface area contributed by atoms with Gasteiger partial charge >= 0.3 is 5.97 Å². The molecule has 0 atom stereocenters. The first-order valence-electron chi connectivity index (χ1n) is 6.97. The Bertz CT molecular complexity index is 697. The number of pyridine rings is 1. The van der Waals surface area contributed by atoms with E-state index in [1.807, 2.05) is 24.3 Å². The van der Waals surface area contributed by atoms with Crippen molar-refractivity contribution < 1.29 is 14.6 Å². The van der Waals surface area contributed by atoms with E-state index in [0.717, 1.165) is 23.1 Å². The van der Waals surface area contributed by atoms with Gasteiger partial charge in [0, 0.05) is 23.5 Å². The third kappa shape index (κ3) is 2.34. The predicted molar refractivity (Wildman–Crippen MR) is 80.9 cm³/mol. The van der Waals surface area contributed by atoms with Crippen LogP contribution >= 0.6 is 0 Å². The van der Waals surface area contributed by atoms with Gasteiger partial charge in [0.1, 0.15) is 5.82 Å². The van der Waals surface area contributed by atoms with Gasteiger partial charge in [0.15, 0.2) is 0 Å². The number of rotatable bonds is 2. The van der Waals surface area contributed by atoms with Crippen LogP contribution in [0.5, 0.6) is 0 Å². The Balaban J connectivity index is 2.20. The van der Waals surface area contributed by atoms with Crippen LogP contribution in [0.15, 0.2) is 30.5 Å². The monoisotopic (exact) mass is 286 g/mol. The summed E-state index contributed by atoms with van der Waals surface area (Å²) in [7, 11) is 0. The number of anilines is 1. The van der Waals surface area contributed by atoms with Gasteiger partial charge in [-0.15, -0.1) is 0 Å². The van der Waals surface area contributed by atoms with Crippen LogP contribution in [-0.2, 0) is 4.74 Å². The smallest absolute Gasteiger partial charge is 0.337 e. The average Bonchev–Trinajstić information content (AvgIpc) is 2.46. The number of fused-ring (bicyclic) bond motifs is 1. The summed E-state index contributed by atoms with van der Waals surface area (Å²) < 4.78 is 5.55. The number of nitrogens with zero attached hydrogens (tertiary/aromatic N) is 2. The van der Waals surface area contributed by atoms with Crippen LogP contribution in [0.3, 0.4) is 0 Å². The van der Waals surface area contributed by atoms with E-state index < -0.39 is 5.97 Å². The molecule has 1 N–H and O–H groups in total. The van der Waals surface area contributed by atoms with Crippen LogP contribution < -0.4 is 4.90 Å². The fourth-order valence-electron chi connectivity index (χ4n) is 2.81. The SMILES string of the molecule is CC1(C)COCCN1c1ncc(C(=O)O)c2ccccc12. The van der Waals surface area contributed by atoms with Crippen LogP contribution in [0.2, 0.25) is 0 Å². The summed E-state index contributed by atoms with van der Waals surface area (Å²) in [4.78, 5) is 18.0. The molecule has 0 saturated carbocycles. The molecule has 0 radical (unpaired) electrons. The summed E-state index contributed by atoms with van der Waals surface area (Å²) in [6, 6.07) is 7.52. The zero-order chi connectivity index (χ0) is 15.0. The normalized spacial score (nSPS) is 17.9. The predicted octanol–water partition coefficient (Wildman–Crippen LogP) is 2.55. The lowest BCUT2D eigenvalue weighted by Gasteiger charge is -2.43. The molecule has 1 aromatic heterocycles. The molecular weight excluding hydrogens is 268 g/mol. The first kappa shape index (κ1) is 13.8. The number of aromatic nitrogens is 1. The zero-order valence-corrected chi connectivity index (χ0v) is 12.2. The molecule has 2 heterocycles. The summed E-state index contributed by atoms with van der Waals surface area (Å²) in [6.07, 6.45) is 1.45. The minimum atomic E-state index is -0.952. The topological polar surface area (TPSA) is 62.7 Å². The molecule has 110 valence electrons. The summed E-state index contributed by atoms with van der Waals surface area (Å²) in [5.74, 6) is -0.129. The molecule has 5 nitrogen and oxygen atoms in total. The summed E-state index contributed by atoms with van der Waals surface area (Å²) >= 11 is 0.